The van der Waals surface area contributed by atoms with Crippen LogP contribution in [0.3, 0.4) is 0 Å². The summed E-state index contributed by atoms with van der Waals surface area (Å²) in [6.45, 7) is 1.90. The summed E-state index contributed by atoms with van der Waals surface area (Å²) in [5.74, 6) is 0.915. The van der Waals surface area contributed by atoms with Crippen molar-refractivity contribution in [2.75, 3.05) is 13.7 Å². The van der Waals surface area contributed by atoms with E-state index >= 15 is 0 Å². The summed E-state index contributed by atoms with van der Waals surface area (Å²) in [5.41, 5.74) is 4.51. The van der Waals surface area contributed by atoms with Gasteiger partial charge in [0.1, 0.15) is 11.5 Å². The Morgan fingerprint density at radius 3 is 2.64 bits per heavy atom. The Morgan fingerprint density at radius 2 is 1.91 bits per heavy atom. The third-order valence-corrected chi connectivity index (χ3v) is 2.89. The van der Waals surface area contributed by atoms with Gasteiger partial charge in [0.2, 0.25) is 0 Å². The summed E-state index contributed by atoms with van der Waals surface area (Å²) in [4.78, 5) is 11.6. The number of benzene rings is 2. The number of hydrogen-bond donors (Lipinski definition) is 1. The number of nitrogens with one attached hydrogen (secondary N) is 1. The van der Waals surface area contributed by atoms with Crippen molar-refractivity contribution in [3.63, 3.8) is 0 Å². The second-order valence-corrected chi connectivity index (χ2v) is 4.67. The highest BCUT2D eigenvalue weighted by atomic mass is 16.5. The lowest BCUT2D eigenvalue weighted by Crippen LogP contribution is -2.24. The summed E-state index contributed by atoms with van der Waals surface area (Å²) < 4.78 is 10.4. The van der Waals surface area contributed by atoms with Gasteiger partial charge in [0.25, 0.3) is 5.91 Å². The zero-order valence-corrected chi connectivity index (χ0v) is 12.6. The predicted octanol–water partition coefficient (Wildman–Crippen LogP) is 2.53. The molecule has 1 amide bonds. The Bertz CT molecular complexity index is 651. The van der Waals surface area contributed by atoms with E-state index in [1.54, 1.807) is 37.6 Å². The van der Waals surface area contributed by atoms with Gasteiger partial charge in [0.05, 0.1) is 13.3 Å². The number of nitrogens with zero attached hydrogens (tertiary/aromatic N) is 1. The number of carbonyl (C=O) groups is 1. The molecule has 0 aromatic heterocycles. The van der Waals surface area contributed by atoms with Crippen LogP contribution in [0.1, 0.15) is 11.1 Å². The van der Waals surface area contributed by atoms with Crippen LogP contribution in [0.4, 0.5) is 0 Å². The second-order valence-electron chi connectivity index (χ2n) is 4.67. The van der Waals surface area contributed by atoms with E-state index in [0.29, 0.717) is 11.5 Å². The summed E-state index contributed by atoms with van der Waals surface area (Å²) in [5, 5.41) is 3.89. The molecule has 0 saturated heterocycles. The van der Waals surface area contributed by atoms with Crippen molar-refractivity contribution >= 4 is 12.1 Å². The first-order chi connectivity index (χ1) is 10.7. The molecule has 0 aliphatic heterocycles. The second kappa shape index (κ2) is 7.83. The zero-order valence-electron chi connectivity index (χ0n) is 12.6. The predicted molar refractivity (Wildman–Crippen MR) is 85.4 cm³/mol. The number of aryl methyl sites for hydroxylation is 1. The third kappa shape index (κ3) is 4.94. The highest BCUT2D eigenvalue weighted by Crippen LogP contribution is 2.18. The van der Waals surface area contributed by atoms with E-state index in [-0.39, 0.29) is 12.5 Å². The van der Waals surface area contributed by atoms with Crippen LogP contribution in [0.25, 0.3) is 0 Å². The average Bonchev–Trinajstić information content (AvgIpc) is 2.55. The molecule has 2 rings (SSSR count). The molecule has 0 aliphatic carbocycles. The SMILES string of the molecule is COc1cccc(OCC(=O)N/N=C/c2ccc(C)cc2)c1. The zero-order chi connectivity index (χ0) is 15.8. The summed E-state index contributed by atoms with van der Waals surface area (Å²) in [6, 6.07) is 14.9. The largest absolute Gasteiger partial charge is 0.497 e. The van der Waals surface area contributed by atoms with Gasteiger partial charge in [-0.2, -0.15) is 5.10 Å². The van der Waals surface area contributed by atoms with Gasteiger partial charge < -0.3 is 9.47 Å². The molecule has 5 nitrogen and oxygen atoms in total. The molecule has 0 bridgehead atoms. The van der Waals surface area contributed by atoms with Crippen LogP contribution in [0.2, 0.25) is 0 Å². The molecule has 2 aromatic carbocycles. The van der Waals surface area contributed by atoms with Gasteiger partial charge in [-0.05, 0) is 24.6 Å². The molecule has 1 N–H and O–H groups in total. The van der Waals surface area contributed by atoms with Crippen LogP contribution in [-0.4, -0.2) is 25.8 Å². The number of amides is 1. The van der Waals surface area contributed by atoms with Crippen molar-refractivity contribution in [1.82, 2.24) is 5.43 Å². The lowest BCUT2D eigenvalue weighted by atomic mass is 10.2. The van der Waals surface area contributed by atoms with E-state index in [2.05, 4.69) is 10.5 Å². The normalized spacial score (nSPS) is 10.5. The molecule has 0 aliphatic rings. The highest BCUT2D eigenvalue weighted by Gasteiger charge is 2.02. The number of methoxy groups -OCH3 is 1. The summed E-state index contributed by atoms with van der Waals surface area (Å²) in [7, 11) is 1.58. The molecule has 0 heterocycles. The van der Waals surface area contributed by atoms with Crippen molar-refractivity contribution in [2.24, 2.45) is 5.10 Å². The van der Waals surface area contributed by atoms with Gasteiger partial charge in [-0.25, -0.2) is 5.43 Å². The molecular weight excluding hydrogens is 280 g/mol. The van der Waals surface area contributed by atoms with E-state index in [0.717, 1.165) is 5.56 Å². The minimum absolute atomic E-state index is 0.113. The lowest BCUT2D eigenvalue weighted by molar-refractivity contribution is -0.123. The van der Waals surface area contributed by atoms with E-state index in [1.807, 2.05) is 31.2 Å². The van der Waals surface area contributed by atoms with Crippen LogP contribution in [-0.2, 0) is 4.79 Å². The number of ether oxygens (including phenoxy) is 2. The maximum Gasteiger partial charge on any atom is 0.277 e. The minimum Gasteiger partial charge on any atom is -0.497 e. The lowest BCUT2D eigenvalue weighted by Gasteiger charge is -2.06. The van der Waals surface area contributed by atoms with Crippen molar-refractivity contribution < 1.29 is 14.3 Å². The molecule has 0 unspecified atom stereocenters. The van der Waals surface area contributed by atoms with Gasteiger partial charge in [-0.1, -0.05) is 35.9 Å². The van der Waals surface area contributed by atoms with E-state index < -0.39 is 0 Å². The van der Waals surface area contributed by atoms with Crippen molar-refractivity contribution in [1.29, 1.82) is 0 Å². The molecule has 114 valence electrons. The maximum absolute atomic E-state index is 11.6. The monoisotopic (exact) mass is 298 g/mol. The minimum atomic E-state index is -0.328. The molecule has 0 radical (unpaired) electrons. The molecule has 0 saturated carbocycles. The quantitative estimate of drug-likeness (QED) is 0.658. The van der Waals surface area contributed by atoms with E-state index in [1.165, 1.54) is 5.56 Å². The summed E-state index contributed by atoms with van der Waals surface area (Å²) in [6.07, 6.45) is 1.59. The Hall–Kier alpha value is -2.82. The van der Waals surface area contributed by atoms with Crippen molar-refractivity contribution in [3.8, 4) is 11.5 Å². The van der Waals surface area contributed by atoms with Gasteiger partial charge in [0, 0.05) is 6.07 Å². The smallest absolute Gasteiger partial charge is 0.277 e. The number of rotatable bonds is 6. The van der Waals surface area contributed by atoms with Crippen LogP contribution < -0.4 is 14.9 Å². The van der Waals surface area contributed by atoms with Crippen LogP contribution in [0.15, 0.2) is 53.6 Å². The van der Waals surface area contributed by atoms with Gasteiger partial charge in [-0.15, -0.1) is 0 Å². The molecule has 2 aromatic rings. The van der Waals surface area contributed by atoms with Crippen molar-refractivity contribution in [2.45, 2.75) is 6.92 Å². The third-order valence-electron chi connectivity index (χ3n) is 2.89. The first kappa shape index (κ1) is 15.6. The van der Waals surface area contributed by atoms with Crippen LogP contribution >= 0.6 is 0 Å². The Balaban J connectivity index is 1.79. The number of hydrazone groups is 1. The average molecular weight is 298 g/mol. The first-order valence-electron chi connectivity index (χ1n) is 6.83. The van der Waals surface area contributed by atoms with Crippen LogP contribution in [0.5, 0.6) is 11.5 Å². The fourth-order valence-corrected chi connectivity index (χ4v) is 1.70. The van der Waals surface area contributed by atoms with Gasteiger partial charge >= 0.3 is 0 Å². The molecule has 5 heteroatoms. The topological polar surface area (TPSA) is 59.9 Å². The standard InChI is InChI=1S/C17H18N2O3/c1-13-6-8-14(9-7-13)11-18-19-17(20)12-22-16-5-3-4-15(10-16)21-2/h3-11H,12H2,1-2H3,(H,19,20)/b18-11+. The molecule has 0 spiro atoms. The maximum atomic E-state index is 11.6. The number of hydrogen-bond acceptors (Lipinski definition) is 4. The fourth-order valence-electron chi connectivity index (χ4n) is 1.70. The van der Waals surface area contributed by atoms with Crippen molar-refractivity contribution in [3.05, 3.63) is 59.7 Å². The molecule has 0 fully saturated rings. The molecular formula is C17H18N2O3. The highest BCUT2D eigenvalue weighted by molar-refractivity contribution is 5.82. The Kier molecular flexibility index (Phi) is 5.54. The Morgan fingerprint density at radius 1 is 1.18 bits per heavy atom. The fraction of sp³-hybridized carbons (Fsp3) is 0.176. The van der Waals surface area contributed by atoms with Gasteiger partial charge in [-0.3, -0.25) is 4.79 Å². The summed E-state index contributed by atoms with van der Waals surface area (Å²) >= 11 is 0. The van der Waals surface area contributed by atoms with Crippen LogP contribution in [0, 0.1) is 6.92 Å². The molecule has 22 heavy (non-hydrogen) atoms. The van der Waals surface area contributed by atoms with E-state index in [4.69, 9.17) is 9.47 Å². The van der Waals surface area contributed by atoms with Gasteiger partial charge in [0.15, 0.2) is 6.61 Å². The Labute approximate surface area is 129 Å². The number of carbonyl (C=O) groups excluding carboxylic acids is 1. The first-order valence-corrected chi connectivity index (χ1v) is 6.83. The van der Waals surface area contributed by atoms with E-state index in [9.17, 15) is 4.79 Å². The molecule has 0 atom stereocenters.